The number of hydrogen-bond acceptors (Lipinski definition) is 5. The number of rotatable bonds is 6. The second-order valence-electron chi connectivity index (χ2n) is 8.75. The molecule has 3 aromatic carbocycles. The minimum Gasteiger partial charge on any atom is -0.453 e. The molecule has 184 valence electrons. The normalized spacial score (nSPS) is 18.8. The first kappa shape index (κ1) is 23.4. The second kappa shape index (κ2) is 8.71. The van der Waals surface area contributed by atoms with E-state index in [1.54, 1.807) is 31.2 Å². The smallest absolute Gasteiger partial charge is 0.326 e. The van der Waals surface area contributed by atoms with Crippen LogP contribution in [0.5, 0.6) is 0 Å². The van der Waals surface area contributed by atoms with E-state index in [-0.39, 0.29) is 11.3 Å². The Labute approximate surface area is 204 Å². The molecule has 1 saturated heterocycles. The second-order valence-corrected chi connectivity index (χ2v) is 8.75. The van der Waals surface area contributed by atoms with E-state index in [1.165, 1.54) is 13.0 Å². The zero-order valence-corrected chi connectivity index (χ0v) is 19.4. The van der Waals surface area contributed by atoms with Crippen molar-refractivity contribution in [3.05, 3.63) is 78.1 Å². The lowest BCUT2D eigenvalue weighted by atomic mass is 9.90. The number of para-hydroxylation sites is 2. The summed E-state index contributed by atoms with van der Waals surface area (Å²) in [4.78, 5) is 43.5. The van der Waals surface area contributed by atoms with Crippen molar-refractivity contribution in [2.75, 3.05) is 6.54 Å². The van der Waals surface area contributed by atoms with Crippen LogP contribution in [-0.4, -0.2) is 38.9 Å². The zero-order chi connectivity index (χ0) is 25.6. The van der Waals surface area contributed by atoms with E-state index in [0.29, 0.717) is 15.6 Å². The number of imide groups is 1. The lowest BCUT2D eigenvalue weighted by Gasteiger charge is -2.23. The quantitative estimate of drug-likeness (QED) is 0.312. The van der Waals surface area contributed by atoms with Crippen LogP contribution in [0.4, 0.5) is 13.6 Å². The van der Waals surface area contributed by atoms with Gasteiger partial charge in [0.1, 0.15) is 12.1 Å². The van der Waals surface area contributed by atoms with Gasteiger partial charge in [-0.2, -0.15) is 8.78 Å². The summed E-state index contributed by atoms with van der Waals surface area (Å²) in [5.41, 5.74) is -0.285. The summed E-state index contributed by atoms with van der Waals surface area (Å²) in [6, 6.07) is 18.6. The number of benzene rings is 3. The Morgan fingerprint density at radius 2 is 1.75 bits per heavy atom. The molecule has 4 aromatic rings. The summed E-state index contributed by atoms with van der Waals surface area (Å²) in [7, 11) is 0. The number of ether oxygens (including phenoxy) is 1. The molecule has 1 N–H and O–H groups in total. The van der Waals surface area contributed by atoms with Gasteiger partial charge in [0.25, 0.3) is 5.91 Å². The number of alkyl halides is 2. The molecule has 3 amide bonds. The van der Waals surface area contributed by atoms with Crippen LogP contribution in [0.2, 0.25) is 0 Å². The molecule has 1 aromatic heterocycles. The van der Waals surface area contributed by atoms with Crippen molar-refractivity contribution >= 4 is 39.7 Å². The minimum absolute atomic E-state index is 0.141. The van der Waals surface area contributed by atoms with E-state index in [9.17, 15) is 23.2 Å². The topological polar surface area (TPSA) is 93.5 Å². The van der Waals surface area contributed by atoms with Crippen LogP contribution in [0.25, 0.3) is 21.8 Å². The van der Waals surface area contributed by atoms with Crippen molar-refractivity contribution in [2.45, 2.75) is 32.0 Å². The third kappa shape index (κ3) is 3.84. The van der Waals surface area contributed by atoms with Gasteiger partial charge in [-0.25, -0.2) is 9.78 Å². The van der Waals surface area contributed by atoms with E-state index < -0.39 is 42.6 Å². The Balaban J connectivity index is 1.34. The lowest BCUT2D eigenvalue weighted by Crippen LogP contribution is -2.41. The Morgan fingerprint density at radius 1 is 1.06 bits per heavy atom. The highest BCUT2D eigenvalue weighted by Crippen LogP contribution is 2.32. The van der Waals surface area contributed by atoms with Gasteiger partial charge in [-0.05, 0) is 48.4 Å². The lowest BCUT2D eigenvalue weighted by molar-refractivity contribution is -0.152. The number of hydrogen-bond donors (Lipinski definition) is 1. The molecule has 2 unspecified atom stereocenters. The molecule has 0 spiro atoms. The molecule has 2 atom stereocenters. The largest absolute Gasteiger partial charge is 0.453 e. The van der Waals surface area contributed by atoms with Gasteiger partial charge in [0.2, 0.25) is 0 Å². The predicted octanol–water partition coefficient (Wildman–Crippen LogP) is 4.66. The van der Waals surface area contributed by atoms with Crippen molar-refractivity contribution in [1.82, 2.24) is 19.8 Å². The molecule has 8 nitrogen and oxygen atoms in total. The monoisotopic (exact) mass is 492 g/mol. The van der Waals surface area contributed by atoms with Crippen molar-refractivity contribution in [3.8, 4) is 0 Å². The van der Waals surface area contributed by atoms with E-state index in [0.717, 1.165) is 15.7 Å². The number of carbonyl (C=O) groups is 3. The first-order valence-electron chi connectivity index (χ1n) is 11.3. The maximum Gasteiger partial charge on any atom is 0.326 e. The van der Waals surface area contributed by atoms with Crippen molar-refractivity contribution in [3.63, 3.8) is 0 Å². The molecule has 10 heteroatoms. The minimum atomic E-state index is -2.90. The summed E-state index contributed by atoms with van der Waals surface area (Å²) in [6.07, 6.45) is -1.15. The van der Waals surface area contributed by atoms with Gasteiger partial charge in [-0.1, -0.05) is 48.5 Å². The highest BCUT2D eigenvalue weighted by atomic mass is 19.3. The standard InChI is InChI=1S/C26H22F2N4O4/c1-15(22-29-19-9-5-6-10-20(19)32(22)24(27)28)36-21(33)14-31-23(34)26(2,30-25(31)35)18-12-11-16-7-3-4-8-17(16)13-18/h3-13,15,24H,14H2,1-2H3,(H,30,35). The van der Waals surface area contributed by atoms with Gasteiger partial charge in [-0.3, -0.25) is 19.1 Å². The summed E-state index contributed by atoms with van der Waals surface area (Å²) < 4.78 is 33.5. The van der Waals surface area contributed by atoms with Gasteiger partial charge in [0, 0.05) is 0 Å². The highest BCUT2D eigenvalue weighted by molar-refractivity contribution is 6.09. The number of halogens is 2. The maximum atomic E-state index is 13.7. The average Bonchev–Trinajstić information content (AvgIpc) is 3.35. The number of aromatic nitrogens is 2. The fourth-order valence-corrected chi connectivity index (χ4v) is 4.51. The Hall–Kier alpha value is -4.34. The average molecular weight is 492 g/mol. The van der Waals surface area contributed by atoms with Crippen LogP contribution in [0.15, 0.2) is 66.7 Å². The molecule has 5 rings (SSSR count). The first-order valence-corrected chi connectivity index (χ1v) is 11.3. The van der Waals surface area contributed by atoms with Crippen molar-refractivity contribution in [1.29, 1.82) is 0 Å². The Bertz CT molecular complexity index is 1520. The summed E-state index contributed by atoms with van der Waals surface area (Å²) in [6.45, 7) is -0.603. The van der Waals surface area contributed by atoms with Crippen molar-refractivity contribution < 1.29 is 27.9 Å². The number of fused-ring (bicyclic) bond motifs is 2. The molecule has 1 fully saturated rings. The maximum absolute atomic E-state index is 13.7. The molecule has 1 aliphatic heterocycles. The van der Waals surface area contributed by atoms with E-state index in [4.69, 9.17) is 4.74 Å². The Kier molecular flexibility index (Phi) is 5.66. The van der Waals surface area contributed by atoms with Gasteiger partial charge >= 0.3 is 18.5 Å². The molecule has 36 heavy (non-hydrogen) atoms. The molecule has 0 radical (unpaired) electrons. The van der Waals surface area contributed by atoms with Gasteiger partial charge < -0.3 is 10.1 Å². The van der Waals surface area contributed by atoms with Crippen LogP contribution in [-0.2, 0) is 19.9 Å². The van der Waals surface area contributed by atoms with E-state index in [1.807, 2.05) is 36.4 Å². The SMILES string of the molecule is CC(OC(=O)CN1C(=O)NC(C)(c2ccc3ccccc3c2)C1=O)c1nc2ccccc2n1C(F)F. The summed E-state index contributed by atoms with van der Waals surface area (Å²) >= 11 is 0. The molecule has 0 aliphatic carbocycles. The molecule has 0 bridgehead atoms. The molecule has 2 heterocycles. The van der Waals surface area contributed by atoms with E-state index in [2.05, 4.69) is 10.3 Å². The number of esters is 1. The first-order chi connectivity index (χ1) is 17.2. The van der Waals surface area contributed by atoms with Gasteiger partial charge in [-0.15, -0.1) is 0 Å². The van der Waals surface area contributed by atoms with E-state index >= 15 is 0 Å². The number of carbonyl (C=O) groups excluding carboxylic acids is 3. The molecule has 0 saturated carbocycles. The molecular formula is C26H22F2N4O4. The van der Waals surface area contributed by atoms with Gasteiger partial charge in [0.15, 0.2) is 11.9 Å². The highest BCUT2D eigenvalue weighted by Gasteiger charge is 2.49. The fourth-order valence-electron chi connectivity index (χ4n) is 4.51. The van der Waals surface area contributed by atoms with Crippen LogP contribution in [0.3, 0.4) is 0 Å². The Morgan fingerprint density at radius 3 is 2.50 bits per heavy atom. The third-order valence-electron chi connectivity index (χ3n) is 6.38. The van der Waals surface area contributed by atoms with Crippen LogP contribution in [0, 0.1) is 0 Å². The van der Waals surface area contributed by atoms with Gasteiger partial charge in [0.05, 0.1) is 11.0 Å². The zero-order valence-electron chi connectivity index (χ0n) is 19.4. The number of amides is 3. The fraction of sp³-hybridized carbons (Fsp3) is 0.231. The summed E-state index contributed by atoms with van der Waals surface area (Å²) in [5, 5.41) is 4.53. The number of nitrogens with zero attached hydrogens (tertiary/aromatic N) is 3. The molecule has 1 aliphatic rings. The number of nitrogens with one attached hydrogen (secondary N) is 1. The summed E-state index contributed by atoms with van der Waals surface area (Å²) in [5.74, 6) is -1.69. The van der Waals surface area contributed by atoms with Crippen LogP contribution >= 0.6 is 0 Å². The number of imidazole rings is 1. The van der Waals surface area contributed by atoms with Crippen LogP contribution < -0.4 is 5.32 Å². The van der Waals surface area contributed by atoms with Crippen LogP contribution in [0.1, 0.15) is 37.9 Å². The van der Waals surface area contributed by atoms with Crippen molar-refractivity contribution in [2.24, 2.45) is 0 Å². The molecular weight excluding hydrogens is 470 g/mol. The predicted molar refractivity (Wildman–Crippen MR) is 127 cm³/mol. The third-order valence-corrected chi connectivity index (χ3v) is 6.38. The number of urea groups is 1.